The minimum Gasteiger partial charge on any atom is -0.480 e. The molecule has 8 nitrogen and oxygen atoms in total. The van der Waals surface area contributed by atoms with E-state index in [9.17, 15) is 19.5 Å². The van der Waals surface area contributed by atoms with Gasteiger partial charge in [-0.15, -0.1) is 0 Å². The second kappa shape index (κ2) is 8.86. The molecule has 3 N–H and O–H groups in total. The zero-order valence-corrected chi connectivity index (χ0v) is 15.4. The Morgan fingerprint density at radius 2 is 1.38 bits per heavy atom. The van der Waals surface area contributed by atoms with Crippen LogP contribution < -0.4 is 5.73 Å². The molecule has 0 aliphatic rings. The Bertz CT molecular complexity index is 422. The van der Waals surface area contributed by atoms with Gasteiger partial charge >= 0.3 is 18.2 Å². The summed E-state index contributed by atoms with van der Waals surface area (Å²) in [6, 6.07) is -1.37. The molecule has 0 aromatic rings. The van der Waals surface area contributed by atoms with Crippen LogP contribution in [-0.4, -0.2) is 52.0 Å². The van der Waals surface area contributed by atoms with E-state index >= 15 is 0 Å². The first-order valence-electron chi connectivity index (χ1n) is 7.96. The van der Waals surface area contributed by atoms with Crippen LogP contribution in [0.4, 0.5) is 9.59 Å². The van der Waals surface area contributed by atoms with Crippen molar-refractivity contribution in [3.8, 4) is 0 Å². The van der Waals surface area contributed by atoms with Crippen molar-refractivity contribution >= 4 is 18.2 Å². The minimum absolute atomic E-state index is 0.0744. The van der Waals surface area contributed by atoms with Gasteiger partial charge in [-0.05, 0) is 67.3 Å². The summed E-state index contributed by atoms with van der Waals surface area (Å²) in [5, 5.41) is 9.45. The number of unbranched alkanes of at least 4 members (excludes halogenated alkanes) is 1. The van der Waals surface area contributed by atoms with Crippen molar-refractivity contribution < 1.29 is 29.0 Å². The normalized spacial score (nSPS) is 13.1. The fourth-order valence-electron chi connectivity index (χ4n) is 1.80. The van der Waals surface area contributed by atoms with Crippen LogP contribution in [-0.2, 0) is 14.3 Å². The molecule has 0 saturated heterocycles. The molecule has 0 aromatic carbocycles. The summed E-state index contributed by atoms with van der Waals surface area (Å²) < 4.78 is 10.3. The molecular weight excluding hydrogens is 316 g/mol. The third-order valence-electron chi connectivity index (χ3n) is 2.71. The third-order valence-corrected chi connectivity index (χ3v) is 2.71. The van der Waals surface area contributed by atoms with Crippen LogP contribution in [0.5, 0.6) is 0 Å². The van der Waals surface area contributed by atoms with Gasteiger partial charge in [0.05, 0.1) is 0 Å². The minimum atomic E-state index is -1.37. The number of amides is 2. The summed E-state index contributed by atoms with van der Waals surface area (Å²) in [4.78, 5) is 36.9. The predicted molar refractivity (Wildman–Crippen MR) is 88.6 cm³/mol. The first-order valence-corrected chi connectivity index (χ1v) is 7.96. The number of carboxylic acids is 1. The standard InChI is InChI=1S/C16H30N2O6/c1-15(2,3)23-13(21)18(14(22)24-16(4,5)6)11(12(19)20)9-7-8-10-17/h11H,7-10,17H2,1-6H3,(H,19,20)/t11-/m1/s1. The lowest BCUT2D eigenvalue weighted by Gasteiger charge is -2.31. The van der Waals surface area contributed by atoms with E-state index < -0.39 is 35.4 Å². The molecule has 0 rings (SSSR count). The Morgan fingerprint density at radius 3 is 1.67 bits per heavy atom. The van der Waals surface area contributed by atoms with Gasteiger partial charge in [0.15, 0.2) is 0 Å². The van der Waals surface area contributed by atoms with Gasteiger partial charge < -0.3 is 20.3 Å². The van der Waals surface area contributed by atoms with Crippen LogP contribution >= 0.6 is 0 Å². The van der Waals surface area contributed by atoms with Crippen LogP contribution in [0, 0.1) is 0 Å². The van der Waals surface area contributed by atoms with E-state index in [-0.39, 0.29) is 6.42 Å². The molecule has 0 saturated carbocycles. The molecule has 140 valence electrons. The largest absolute Gasteiger partial charge is 0.480 e. The summed E-state index contributed by atoms with van der Waals surface area (Å²) in [5.41, 5.74) is 3.65. The van der Waals surface area contributed by atoms with E-state index in [0.717, 1.165) is 0 Å². The number of hydrogen-bond donors (Lipinski definition) is 2. The monoisotopic (exact) mass is 346 g/mol. The molecule has 0 unspecified atom stereocenters. The zero-order chi connectivity index (χ0) is 19.1. The van der Waals surface area contributed by atoms with Gasteiger partial charge in [-0.3, -0.25) is 0 Å². The molecule has 0 spiro atoms. The van der Waals surface area contributed by atoms with Crippen molar-refractivity contribution in [2.45, 2.75) is 78.0 Å². The summed E-state index contributed by atoms with van der Waals surface area (Å²) in [7, 11) is 0. The average molecular weight is 346 g/mol. The molecule has 0 aliphatic heterocycles. The maximum absolute atomic E-state index is 12.4. The second-order valence-corrected chi connectivity index (χ2v) is 7.47. The molecule has 0 bridgehead atoms. The zero-order valence-electron chi connectivity index (χ0n) is 15.4. The average Bonchev–Trinajstić information content (AvgIpc) is 2.32. The third kappa shape index (κ3) is 8.71. The number of hydrogen-bond acceptors (Lipinski definition) is 6. The maximum atomic E-state index is 12.4. The van der Waals surface area contributed by atoms with E-state index in [1.165, 1.54) is 0 Å². The molecule has 0 heterocycles. The first-order chi connectivity index (χ1) is 10.8. The van der Waals surface area contributed by atoms with Crippen molar-refractivity contribution in [3.05, 3.63) is 0 Å². The van der Waals surface area contributed by atoms with E-state index in [1.807, 2.05) is 0 Å². The van der Waals surface area contributed by atoms with Gasteiger partial charge in [0.2, 0.25) is 0 Å². The number of aliphatic carboxylic acids is 1. The highest BCUT2D eigenvalue weighted by molar-refractivity contribution is 5.93. The molecule has 0 radical (unpaired) electrons. The lowest BCUT2D eigenvalue weighted by atomic mass is 10.1. The van der Waals surface area contributed by atoms with E-state index in [2.05, 4.69) is 0 Å². The number of nitrogens with zero attached hydrogens (tertiary/aromatic N) is 1. The molecule has 0 fully saturated rings. The van der Waals surface area contributed by atoms with Gasteiger partial charge in [-0.25, -0.2) is 14.4 Å². The molecule has 1 atom stereocenters. The van der Waals surface area contributed by atoms with Crippen LogP contribution in [0.1, 0.15) is 60.8 Å². The highest BCUT2D eigenvalue weighted by Crippen LogP contribution is 2.19. The summed E-state index contributed by atoms with van der Waals surface area (Å²) >= 11 is 0. The van der Waals surface area contributed by atoms with Crippen molar-refractivity contribution in [1.82, 2.24) is 4.90 Å². The van der Waals surface area contributed by atoms with Gasteiger partial charge in [0, 0.05) is 0 Å². The molecule has 8 heteroatoms. The SMILES string of the molecule is CC(C)(C)OC(=O)N(C(=O)OC(C)(C)C)[C@H](CCCCN)C(=O)O. The molecule has 24 heavy (non-hydrogen) atoms. The fourth-order valence-corrected chi connectivity index (χ4v) is 1.80. The molecule has 0 aliphatic carbocycles. The lowest BCUT2D eigenvalue weighted by Crippen LogP contribution is -2.52. The molecular formula is C16H30N2O6. The number of imide groups is 1. The number of carbonyl (C=O) groups is 3. The Morgan fingerprint density at radius 1 is 0.958 bits per heavy atom. The Hall–Kier alpha value is -1.83. The van der Waals surface area contributed by atoms with Crippen LogP contribution in [0.15, 0.2) is 0 Å². The van der Waals surface area contributed by atoms with Crippen LogP contribution in [0.3, 0.4) is 0 Å². The Balaban J connectivity index is 5.50. The fraction of sp³-hybridized carbons (Fsp3) is 0.812. The van der Waals surface area contributed by atoms with Gasteiger partial charge in [-0.2, -0.15) is 4.90 Å². The topological polar surface area (TPSA) is 119 Å². The van der Waals surface area contributed by atoms with E-state index in [0.29, 0.717) is 24.3 Å². The Labute approximate surface area is 143 Å². The van der Waals surface area contributed by atoms with Crippen molar-refractivity contribution in [2.24, 2.45) is 5.73 Å². The second-order valence-electron chi connectivity index (χ2n) is 7.47. The van der Waals surface area contributed by atoms with E-state index in [4.69, 9.17) is 15.2 Å². The number of carboxylic acid groups (broad SMARTS) is 1. The molecule has 2 amide bonds. The Kier molecular flexibility index (Phi) is 8.19. The van der Waals surface area contributed by atoms with Gasteiger partial charge in [0.25, 0.3) is 0 Å². The first kappa shape index (κ1) is 22.2. The van der Waals surface area contributed by atoms with E-state index in [1.54, 1.807) is 41.5 Å². The lowest BCUT2D eigenvalue weighted by molar-refractivity contribution is -0.143. The van der Waals surface area contributed by atoms with Crippen molar-refractivity contribution in [1.29, 1.82) is 0 Å². The number of nitrogens with two attached hydrogens (primary N) is 1. The smallest absolute Gasteiger partial charge is 0.420 e. The van der Waals surface area contributed by atoms with Crippen LogP contribution in [0.2, 0.25) is 0 Å². The quantitative estimate of drug-likeness (QED) is 0.710. The summed E-state index contributed by atoms with van der Waals surface area (Å²) in [5.74, 6) is -1.30. The van der Waals surface area contributed by atoms with Gasteiger partial charge in [0.1, 0.15) is 17.2 Å². The summed E-state index contributed by atoms with van der Waals surface area (Å²) in [6.07, 6.45) is -0.977. The number of rotatable bonds is 6. The van der Waals surface area contributed by atoms with Crippen molar-refractivity contribution in [3.63, 3.8) is 0 Å². The highest BCUT2D eigenvalue weighted by atomic mass is 16.6. The number of carbonyl (C=O) groups excluding carboxylic acids is 2. The van der Waals surface area contributed by atoms with Crippen molar-refractivity contribution in [2.75, 3.05) is 6.54 Å². The predicted octanol–water partition coefficient (Wildman–Crippen LogP) is 2.74. The summed E-state index contributed by atoms with van der Waals surface area (Å²) in [6.45, 7) is 10.2. The van der Waals surface area contributed by atoms with Crippen LogP contribution in [0.25, 0.3) is 0 Å². The highest BCUT2D eigenvalue weighted by Gasteiger charge is 2.39. The maximum Gasteiger partial charge on any atom is 0.420 e. The number of ether oxygens (including phenoxy) is 2. The van der Waals surface area contributed by atoms with Gasteiger partial charge in [-0.1, -0.05) is 0 Å². The molecule has 0 aromatic heterocycles.